The number of allylic oxidation sites excluding steroid dienone is 2. The van der Waals surface area contributed by atoms with Crippen molar-refractivity contribution in [3.8, 4) is 0 Å². The summed E-state index contributed by atoms with van der Waals surface area (Å²) in [6.45, 7) is 5.38. The van der Waals surface area contributed by atoms with Crippen LogP contribution in [0.2, 0.25) is 0 Å². The van der Waals surface area contributed by atoms with Crippen LogP contribution in [0, 0.1) is 10.8 Å². The van der Waals surface area contributed by atoms with Gasteiger partial charge in [-0.2, -0.15) is 0 Å². The molecule has 214 valence electrons. The van der Waals surface area contributed by atoms with Gasteiger partial charge in [0.2, 0.25) is 0 Å². The SMILES string of the molecule is CC1=CC(=O)OCC23CCC(CO)=CC2OC2CC(OC(=O)C=CC=CC(C(C)O)OCC1O)C3(C)C21CO1. The molecule has 10 heteroatoms. The van der Waals surface area contributed by atoms with Crippen molar-refractivity contribution in [3.63, 3.8) is 0 Å². The Hall–Kier alpha value is -2.34. The van der Waals surface area contributed by atoms with E-state index in [1.165, 1.54) is 18.2 Å². The standard InChI is InChI=1S/C29H38O10/c1-17-10-26(34)36-15-28-9-8-19(13-30)11-23(28)38-24-12-22(27(28,3)29(24)16-37-29)39-25(33)7-5-4-6-21(18(2)31)35-14-20(17)32/h4-7,10-11,18,20-24,30-32H,8-9,12-16H2,1-3H3. The monoisotopic (exact) mass is 546 g/mol. The fourth-order valence-corrected chi connectivity index (χ4v) is 6.89. The van der Waals surface area contributed by atoms with Crippen LogP contribution >= 0.6 is 0 Å². The molecule has 5 aliphatic rings. The van der Waals surface area contributed by atoms with Crippen LogP contribution in [0.25, 0.3) is 0 Å². The van der Waals surface area contributed by atoms with Crippen LogP contribution < -0.4 is 0 Å². The smallest absolute Gasteiger partial charge is 0.331 e. The van der Waals surface area contributed by atoms with Gasteiger partial charge in [-0.25, -0.2) is 9.59 Å². The summed E-state index contributed by atoms with van der Waals surface area (Å²) in [5.74, 6) is -1.17. The molecule has 0 aromatic carbocycles. The van der Waals surface area contributed by atoms with Crippen molar-refractivity contribution in [2.24, 2.45) is 10.8 Å². The second kappa shape index (κ2) is 10.6. The van der Waals surface area contributed by atoms with Crippen LogP contribution in [0.3, 0.4) is 0 Å². The molecule has 1 saturated carbocycles. The molecule has 2 aliphatic carbocycles. The molecule has 0 radical (unpaired) electrons. The van der Waals surface area contributed by atoms with Gasteiger partial charge in [-0.05, 0) is 37.8 Å². The minimum Gasteiger partial charge on any atom is -0.462 e. The van der Waals surface area contributed by atoms with Crippen molar-refractivity contribution in [2.75, 3.05) is 26.4 Å². The Kier molecular flexibility index (Phi) is 7.64. The first-order valence-corrected chi connectivity index (χ1v) is 13.5. The zero-order valence-electron chi connectivity index (χ0n) is 22.6. The van der Waals surface area contributed by atoms with E-state index in [4.69, 9.17) is 23.7 Å². The third-order valence-corrected chi connectivity index (χ3v) is 9.47. The van der Waals surface area contributed by atoms with Gasteiger partial charge in [-0.1, -0.05) is 31.2 Å². The molecule has 3 N–H and O–H groups in total. The number of hydrogen-bond donors (Lipinski definition) is 3. The van der Waals surface area contributed by atoms with Gasteiger partial charge in [-0.3, -0.25) is 0 Å². The summed E-state index contributed by atoms with van der Waals surface area (Å²) >= 11 is 0. The lowest BCUT2D eigenvalue weighted by molar-refractivity contribution is -0.232. The number of carbonyl (C=O) groups is 2. The molecule has 5 rings (SSSR count). The Balaban J connectivity index is 1.53. The van der Waals surface area contributed by atoms with E-state index in [2.05, 4.69) is 0 Å². The average Bonchev–Trinajstić information content (AvgIpc) is 3.68. The highest BCUT2D eigenvalue weighted by Gasteiger charge is 2.83. The number of rotatable bonds is 2. The first-order valence-electron chi connectivity index (χ1n) is 13.5. The van der Waals surface area contributed by atoms with Crippen molar-refractivity contribution >= 4 is 11.9 Å². The van der Waals surface area contributed by atoms with Gasteiger partial charge in [0.25, 0.3) is 0 Å². The number of epoxide rings is 1. The Morgan fingerprint density at radius 2 is 1.92 bits per heavy atom. The van der Waals surface area contributed by atoms with E-state index in [-0.39, 0.29) is 25.9 Å². The summed E-state index contributed by atoms with van der Waals surface area (Å²) in [5, 5.41) is 30.4. The van der Waals surface area contributed by atoms with Crippen molar-refractivity contribution < 1.29 is 48.6 Å². The van der Waals surface area contributed by atoms with E-state index in [0.717, 1.165) is 5.57 Å². The van der Waals surface area contributed by atoms with Gasteiger partial charge in [0, 0.05) is 24.0 Å². The summed E-state index contributed by atoms with van der Waals surface area (Å²) in [6.07, 6.45) is 6.63. The topological polar surface area (TPSA) is 144 Å². The van der Waals surface area contributed by atoms with Crippen LogP contribution in [-0.2, 0) is 33.3 Å². The maximum absolute atomic E-state index is 13.0. The maximum Gasteiger partial charge on any atom is 0.331 e. The van der Waals surface area contributed by atoms with Gasteiger partial charge in [0.1, 0.15) is 24.4 Å². The predicted molar refractivity (Wildman–Crippen MR) is 137 cm³/mol. The minimum atomic E-state index is -1.09. The first kappa shape index (κ1) is 28.2. The van der Waals surface area contributed by atoms with Crippen LogP contribution in [0.5, 0.6) is 0 Å². The third-order valence-electron chi connectivity index (χ3n) is 9.47. The van der Waals surface area contributed by atoms with Crippen LogP contribution in [0.4, 0.5) is 0 Å². The molecule has 3 aliphatic heterocycles. The molecular weight excluding hydrogens is 508 g/mol. The van der Waals surface area contributed by atoms with Gasteiger partial charge in [0.15, 0.2) is 0 Å². The molecule has 9 atom stereocenters. The molecule has 0 aromatic heterocycles. The molecule has 2 saturated heterocycles. The minimum absolute atomic E-state index is 0.0207. The van der Waals surface area contributed by atoms with E-state index >= 15 is 0 Å². The van der Waals surface area contributed by atoms with Crippen molar-refractivity contribution in [3.05, 3.63) is 47.6 Å². The summed E-state index contributed by atoms with van der Waals surface area (Å²) in [5.41, 5.74) is -0.974. The molecule has 2 spiro atoms. The van der Waals surface area contributed by atoms with Crippen LogP contribution in [0.15, 0.2) is 47.6 Å². The Morgan fingerprint density at radius 1 is 1.15 bits per heavy atom. The zero-order chi connectivity index (χ0) is 28.0. The summed E-state index contributed by atoms with van der Waals surface area (Å²) in [6, 6.07) is 0. The summed E-state index contributed by atoms with van der Waals surface area (Å²) in [7, 11) is 0. The van der Waals surface area contributed by atoms with E-state index in [1.54, 1.807) is 26.0 Å². The molecule has 10 nitrogen and oxygen atoms in total. The average molecular weight is 547 g/mol. The summed E-state index contributed by atoms with van der Waals surface area (Å²) < 4.78 is 30.2. The number of ether oxygens (including phenoxy) is 5. The molecule has 0 amide bonds. The number of cyclic esters (lactones) is 1. The van der Waals surface area contributed by atoms with Crippen molar-refractivity contribution in [1.82, 2.24) is 0 Å². The second-order valence-electron chi connectivity index (χ2n) is 11.5. The normalized spacial score (nSPS) is 43.4. The fourth-order valence-electron chi connectivity index (χ4n) is 6.89. The van der Waals surface area contributed by atoms with Crippen molar-refractivity contribution in [1.29, 1.82) is 0 Å². The van der Waals surface area contributed by atoms with Crippen molar-refractivity contribution in [2.45, 2.75) is 82.3 Å². The molecule has 3 heterocycles. The highest BCUT2D eigenvalue weighted by atomic mass is 16.6. The van der Waals surface area contributed by atoms with E-state index in [9.17, 15) is 24.9 Å². The van der Waals surface area contributed by atoms with Gasteiger partial charge in [-0.15, -0.1) is 0 Å². The number of aliphatic hydroxyl groups excluding tert-OH is 3. The summed E-state index contributed by atoms with van der Waals surface area (Å²) in [4.78, 5) is 25.9. The lowest BCUT2D eigenvalue weighted by Gasteiger charge is -2.58. The molecule has 0 aromatic rings. The number of aliphatic hydroxyl groups is 3. The highest BCUT2D eigenvalue weighted by Crippen LogP contribution is 2.72. The first-order chi connectivity index (χ1) is 18.6. The largest absolute Gasteiger partial charge is 0.462 e. The van der Waals surface area contributed by atoms with Gasteiger partial charge >= 0.3 is 11.9 Å². The van der Waals surface area contributed by atoms with E-state index in [1.807, 2.05) is 13.0 Å². The number of carbonyl (C=O) groups excluding carboxylic acids is 2. The third kappa shape index (κ3) is 4.71. The van der Waals surface area contributed by atoms with Gasteiger partial charge in [0.05, 0.1) is 49.7 Å². The Bertz CT molecular complexity index is 1100. The highest BCUT2D eigenvalue weighted by molar-refractivity contribution is 5.83. The lowest BCUT2D eigenvalue weighted by atomic mass is 9.51. The van der Waals surface area contributed by atoms with E-state index < -0.39 is 58.9 Å². The quantitative estimate of drug-likeness (QED) is 0.263. The van der Waals surface area contributed by atoms with Crippen LogP contribution in [-0.4, -0.2) is 95.9 Å². The molecule has 3 fully saturated rings. The van der Waals surface area contributed by atoms with Crippen LogP contribution in [0.1, 0.15) is 40.0 Å². The van der Waals surface area contributed by atoms with Gasteiger partial charge < -0.3 is 39.0 Å². The Morgan fingerprint density at radius 3 is 2.62 bits per heavy atom. The number of esters is 2. The molecular formula is C29H38O10. The number of hydrogen-bond acceptors (Lipinski definition) is 10. The maximum atomic E-state index is 13.0. The molecule has 9 unspecified atom stereocenters. The Labute approximate surface area is 227 Å². The second-order valence-corrected chi connectivity index (χ2v) is 11.5. The zero-order valence-corrected chi connectivity index (χ0v) is 22.6. The lowest BCUT2D eigenvalue weighted by Crippen LogP contribution is -2.66. The molecule has 2 bridgehead atoms. The van der Waals surface area contributed by atoms with E-state index in [0.29, 0.717) is 31.4 Å². The fraction of sp³-hybridized carbons (Fsp3) is 0.655. The predicted octanol–water partition coefficient (Wildman–Crippen LogP) is 1.29. The molecule has 39 heavy (non-hydrogen) atoms.